The zero-order chi connectivity index (χ0) is 15.6. The fourth-order valence-electron chi connectivity index (χ4n) is 1.99. The third-order valence-corrected chi connectivity index (χ3v) is 3.32. The van der Waals surface area contributed by atoms with Crippen LogP contribution in [0.5, 0.6) is 0 Å². The first-order valence-corrected chi connectivity index (χ1v) is 6.48. The molecule has 2 rings (SSSR count). The smallest absolute Gasteiger partial charge is 0.416 e. The average Bonchev–Trinajstić information content (AvgIpc) is 3.21. The van der Waals surface area contributed by atoms with E-state index in [1.807, 2.05) is 0 Å². The van der Waals surface area contributed by atoms with Crippen LogP contribution >= 0.6 is 0 Å². The summed E-state index contributed by atoms with van der Waals surface area (Å²) < 4.78 is 37.7. The van der Waals surface area contributed by atoms with Gasteiger partial charge in [-0.15, -0.1) is 0 Å². The van der Waals surface area contributed by atoms with Gasteiger partial charge in [0.2, 0.25) is 0 Å². The molecule has 21 heavy (non-hydrogen) atoms. The highest BCUT2D eigenvalue weighted by molar-refractivity contribution is 5.96. The first-order valence-electron chi connectivity index (χ1n) is 6.48. The first kappa shape index (κ1) is 15.3. The molecule has 0 radical (unpaired) electrons. The van der Waals surface area contributed by atoms with E-state index in [9.17, 15) is 22.8 Å². The summed E-state index contributed by atoms with van der Waals surface area (Å²) in [7, 11) is 0. The van der Waals surface area contributed by atoms with Gasteiger partial charge < -0.3 is 10.4 Å². The molecule has 1 aliphatic rings. The molecule has 0 bridgehead atoms. The molecule has 0 aliphatic heterocycles. The van der Waals surface area contributed by atoms with Crippen molar-refractivity contribution in [2.24, 2.45) is 5.92 Å². The number of rotatable bonds is 5. The summed E-state index contributed by atoms with van der Waals surface area (Å²) in [5.74, 6) is -1.72. The van der Waals surface area contributed by atoms with Crippen LogP contribution < -0.4 is 5.32 Å². The van der Waals surface area contributed by atoms with Crippen molar-refractivity contribution in [2.45, 2.75) is 31.5 Å². The van der Waals surface area contributed by atoms with Gasteiger partial charge in [-0.3, -0.25) is 4.79 Å². The third kappa shape index (κ3) is 4.21. The second-order valence-electron chi connectivity index (χ2n) is 5.12. The van der Waals surface area contributed by atoms with Crippen molar-refractivity contribution in [3.8, 4) is 0 Å². The first-order chi connectivity index (χ1) is 9.77. The Morgan fingerprint density at radius 1 is 1.33 bits per heavy atom. The minimum absolute atomic E-state index is 0.202. The molecule has 4 nitrogen and oxygen atoms in total. The van der Waals surface area contributed by atoms with Gasteiger partial charge in [0.05, 0.1) is 5.56 Å². The highest BCUT2D eigenvalue weighted by Gasteiger charge is 2.32. The largest absolute Gasteiger partial charge is 0.480 e. The highest BCUT2D eigenvalue weighted by atomic mass is 19.4. The maximum Gasteiger partial charge on any atom is 0.416 e. The van der Waals surface area contributed by atoms with Crippen LogP contribution in [0.2, 0.25) is 0 Å². The van der Waals surface area contributed by atoms with Gasteiger partial charge in [-0.1, -0.05) is 18.9 Å². The normalized spacial score (nSPS) is 16.3. The molecule has 1 fully saturated rings. The predicted octanol–water partition coefficient (Wildman–Crippen LogP) is 2.69. The molecule has 1 saturated carbocycles. The van der Waals surface area contributed by atoms with Crippen molar-refractivity contribution in [1.29, 1.82) is 0 Å². The number of benzene rings is 1. The number of hydrogen-bond donors (Lipinski definition) is 2. The molecule has 0 heterocycles. The fraction of sp³-hybridized carbons (Fsp3) is 0.429. The van der Waals surface area contributed by atoms with Crippen LogP contribution in [-0.2, 0) is 11.0 Å². The Hall–Kier alpha value is -2.05. The lowest BCUT2D eigenvalue weighted by atomic mass is 10.1. The molecular weight excluding hydrogens is 287 g/mol. The average molecular weight is 301 g/mol. The molecule has 1 aromatic carbocycles. The number of carboxylic acids is 1. The molecule has 1 unspecified atom stereocenters. The summed E-state index contributed by atoms with van der Waals surface area (Å²) in [5, 5.41) is 11.3. The molecule has 114 valence electrons. The third-order valence-electron chi connectivity index (χ3n) is 3.32. The van der Waals surface area contributed by atoms with Gasteiger partial charge in [0.15, 0.2) is 0 Å². The Labute approximate surface area is 119 Å². The predicted molar refractivity (Wildman–Crippen MR) is 67.7 cm³/mol. The molecule has 2 N–H and O–H groups in total. The zero-order valence-electron chi connectivity index (χ0n) is 11.0. The van der Waals surface area contributed by atoms with E-state index >= 15 is 0 Å². The van der Waals surface area contributed by atoms with E-state index in [4.69, 9.17) is 5.11 Å². The number of aliphatic carboxylic acids is 1. The summed E-state index contributed by atoms with van der Waals surface area (Å²) in [4.78, 5) is 23.0. The van der Waals surface area contributed by atoms with Crippen LogP contribution in [0, 0.1) is 5.92 Å². The van der Waals surface area contributed by atoms with Gasteiger partial charge >= 0.3 is 12.1 Å². The maximum absolute atomic E-state index is 12.6. The van der Waals surface area contributed by atoms with Crippen LogP contribution in [0.4, 0.5) is 13.2 Å². The summed E-state index contributed by atoms with van der Waals surface area (Å²) in [6.07, 6.45) is -2.40. The van der Waals surface area contributed by atoms with Crippen molar-refractivity contribution in [1.82, 2.24) is 5.32 Å². The molecule has 0 spiro atoms. The lowest BCUT2D eigenvalue weighted by Gasteiger charge is -2.15. The van der Waals surface area contributed by atoms with Crippen LogP contribution in [0.25, 0.3) is 0 Å². The molecule has 0 saturated heterocycles. The number of carboxylic acid groups (broad SMARTS) is 1. The Morgan fingerprint density at radius 3 is 2.52 bits per heavy atom. The monoisotopic (exact) mass is 301 g/mol. The van der Waals surface area contributed by atoms with E-state index in [-0.39, 0.29) is 11.5 Å². The summed E-state index contributed by atoms with van der Waals surface area (Å²) in [6, 6.07) is 2.84. The van der Waals surface area contributed by atoms with E-state index < -0.39 is 29.7 Å². The number of carbonyl (C=O) groups is 2. The van der Waals surface area contributed by atoms with Gasteiger partial charge in [-0.25, -0.2) is 4.79 Å². The molecule has 1 aromatic rings. The van der Waals surface area contributed by atoms with Gasteiger partial charge in [0.1, 0.15) is 6.04 Å². The van der Waals surface area contributed by atoms with Crippen LogP contribution in [0.1, 0.15) is 35.2 Å². The van der Waals surface area contributed by atoms with Crippen molar-refractivity contribution in [2.75, 3.05) is 0 Å². The number of halogens is 3. The second-order valence-corrected chi connectivity index (χ2v) is 5.12. The highest BCUT2D eigenvalue weighted by Crippen LogP contribution is 2.33. The van der Waals surface area contributed by atoms with E-state index in [1.54, 1.807) is 0 Å². The second kappa shape index (κ2) is 5.75. The number of alkyl halides is 3. The molecule has 1 amide bonds. The quantitative estimate of drug-likeness (QED) is 0.878. The number of nitrogens with one attached hydrogen (secondary N) is 1. The molecule has 7 heteroatoms. The summed E-state index contributed by atoms with van der Waals surface area (Å²) >= 11 is 0. The SMILES string of the molecule is O=C(NC(CC1CC1)C(=O)O)c1cccc(C(F)(F)F)c1. The van der Waals surface area contributed by atoms with Crippen molar-refractivity contribution in [3.05, 3.63) is 35.4 Å². The van der Waals surface area contributed by atoms with Gasteiger partial charge in [-0.05, 0) is 30.5 Å². The Kier molecular flexibility index (Phi) is 4.20. The fourth-order valence-corrected chi connectivity index (χ4v) is 1.99. The van der Waals surface area contributed by atoms with Crippen molar-refractivity contribution in [3.63, 3.8) is 0 Å². The molecule has 1 aliphatic carbocycles. The topological polar surface area (TPSA) is 66.4 Å². The Morgan fingerprint density at radius 2 is 2.00 bits per heavy atom. The minimum atomic E-state index is -4.55. The molecule has 1 atom stereocenters. The van der Waals surface area contributed by atoms with E-state index in [0.717, 1.165) is 25.0 Å². The van der Waals surface area contributed by atoms with Crippen molar-refractivity contribution < 1.29 is 27.9 Å². The standard InChI is InChI=1S/C14H14F3NO3/c15-14(16,17)10-3-1-2-9(7-10)12(19)18-11(13(20)21)6-8-4-5-8/h1-3,7-8,11H,4-6H2,(H,18,19)(H,20,21). The van der Waals surface area contributed by atoms with E-state index in [1.165, 1.54) is 6.07 Å². The lowest BCUT2D eigenvalue weighted by Crippen LogP contribution is -2.41. The number of carbonyl (C=O) groups excluding carboxylic acids is 1. The lowest BCUT2D eigenvalue weighted by molar-refractivity contribution is -0.140. The minimum Gasteiger partial charge on any atom is -0.480 e. The zero-order valence-corrected chi connectivity index (χ0v) is 11.0. The van der Waals surface area contributed by atoms with E-state index in [0.29, 0.717) is 12.5 Å². The maximum atomic E-state index is 12.6. The number of amides is 1. The van der Waals surface area contributed by atoms with Gasteiger partial charge in [-0.2, -0.15) is 13.2 Å². The van der Waals surface area contributed by atoms with Crippen LogP contribution in [0.3, 0.4) is 0 Å². The Balaban J connectivity index is 2.09. The van der Waals surface area contributed by atoms with Gasteiger partial charge in [0.25, 0.3) is 5.91 Å². The van der Waals surface area contributed by atoms with Crippen molar-refractivity contribution >= 4 is 11.9 Å². The van der Waals surface area contributed by atoms with Crippen LogP contribution in [0.15, 0.2) is 24.3 Å². The summed E-state index contributed by atoms with van der Waals surface area (Å²) in [6.45, 7) is 0. The van der Waals surface area contributed by atoms with Gasteiger partial charge in [0, 0.05) is 5.56 Å². The van der Waals surface area contributed by atoms with Crippen LogP contribution in [-0.4, -0.2) is 23.0 Å². The van der Waals surface area contributed by atoms with E-state index in [2.05, 4.69) is 5.32 Å². The summed E-state index contributed by atoms with van der Waals surface area (Å²) in [5.41, 5.74) is -1.14. The molecule has 0 aromatic heterocycles. The number of hydrogen-bond acceptors (Lipinski definition) is 2. The Bertz CT molecular complexity index is 553. The molecular formula is C14H14F3NO3.